The SMILES string of the molecule is CCC(C)CN(C)c1ccc(N)cc1C(N)=O. The number of anilines is 2. The van der Waals surface area contributed by atoms with Gasteiger partial charge in [0.2, 0.25) is 0 Å². The lowest BCUT2D eigenvalue weighted by atomic mass is 10.1. The van der Waals surface area contributed by atoms with Crippen LogP contribution in [0.15, 0.2) is 18.2 Å². The molecule has 0 aromatic heterocycles. The van der Waals surface area contributed by atoms with Gasteiger partial charge in [-0.15, -0.1) is 0 Å². The largest absolute Gasteiger partial charge is 0.399 e. The molecule has 1 amide bonds. The van der Waals surface area contributed by atoms with Crippen LogP contribution in [-0.2, 0) is 0 Å². The van der Waals surface area contributed by atoms with Gasteiger partial charge in [-0.3, -0.25) is 4.79 Å². The van der Waals surface area contributed by atoms with Gasteiger partial charge in [0.1, 0.15) is 0 Å². The molecule has 0 saturated carbocycles. The average molecular weight is 235 g/mol. The van der Waals surface area contributed by atoms with Crippen molar-refractivity contribution in [2.24, 2.45) is 11.7 Å². The van der Waals surface area contributed by atoms with Crippen molar-refractivity contribution in [1.29, 1.82) is 0 Å². The third kappa shape index (κ3) is 3.37. The van der Waals surface area contributed by atoms with Gasteiger partial charge in [-0.1, -0.05) is 20.3 Å². The summed E-state index contributed by atoms with van der Waals surface area (Å²) < 4.78 is 0. The summed E-state index contributed by atoms with van der Waals surface area (Å²) in [6, 6.07) is 5.26. The molecule has 4 heteroatoms. The maximum Gasteiger partial charge on any atom is 0.250 e. The van der Waals surface area contributed by atoms with Crippen LogP contribution in [-0.4, -0.2) is 19.5 Å². The molecule has 0 heterocycles. The highest BCUT2D eigenvalue weighted by Crippen LogP contribution is 2.23. The van der Waals surface area contributed by atoms with E-state index < -0.39 is 5.91 Å². The molecule has 0 aliphatic heterocycles. The van der Waals surface area contributed by atoms with Crippen LogP contribution < -0.4 is 16.4 Å². The van der Waals surface area contributed by atoms with Crippen LogP contribution in [0.5, 0.6) is 0 Å². The molecule has 0 radical (unpaired) electrons. The second-order valence-electron chi connectivity index (χ2n) is 4.53. The van der Waals surface area contributed by atoms with Crippen molar-refractivity contribution in [3.8, 4) is 0 Å². The van der Waals surface area contributed by atoms with Crippen molar-refractivity contribution >= 4 is 17.3 Å². The van der Waals surface area contributed by atoms with E-state index in [-0.39, 0.29) is 0 Å². The lowest BCUT2D eigenvalue weighted by Gasteiger charge is -2.24. The Hall–Kier alpha value is -1.71. The molecule has 0 aliphatic carbocycles. The number of hydrogen-bond donors (Lipinski definition) is 2. The minimum Gasteiger partial charge on any atom is -0.399 e. The molecule has 4 N–H and O–H groups in total. The Morgan fingerprint density at radius 3 is 2.65 bits per heavy atom. The van der Waals surface area contributed by atoms with Gasteiger partial charge >= 0.3 is 0 Å². The fourth-order valence-electron chi connectivity index (χ4n) is 1.78. The van der Waals surface area contributed by atoms with Crippen molar-refractivity contribution in [1.82, 2.24) is 0 Å². The van der Waals surface area contributed by atoms with E-state index in [1.807, 2.05) is 18.0 Å². The predicted molar refractivity (Wildman–Crippen MR) is 72.1 cm³/mol. The summed E-state index contributed by atoms with van der Waals surface area (Å²) in [5, 5.41) is 0. The molecule has 0 bridgehead atoms. The van der Waals surface area contributed by atoms with E-state index in [4.69, 9.17) is 11.5 Å². The van der Waals surface area contributed by atoms with E-state index in [1.54, 1.807) is 12.1 Å². The molecule has 1 unspecified atom stereocenters. The van der Waals surface area contributed by atoms with Gasteiger partial charge in [-0.2, -0.15) is 0 Å². The van der Waals surface area contributed by atoms with Crippen molar-refractivity contribution < 1.29 is 4.79 Å². The Bertz CT molecular complexity index is 404. The molecule has 17 heavy (non-hydrogen) atoms. The Morgan fingerprint density at radius 2 is 2.12 bits per heavy atom. The van der Waals surface area contributed by atoms with Gasteiger partial charge in [0, 0.05) is 25.0 Å². The maximum absolute atomic E-state index is 11.4. The predicted octanol–water partition coefficient (Wildman–Crippen LogP) is 1.85. The first-order valence-corrected chi connectivity index (χ1v) is 5.86. The first-order valence-electron chi connectivity index (χ1n) is 5.86. The number of carbonyl (C=O) groups excluding carboxylic acids is 1. The molecule has 0 saturated heterocycles. The monoisotopic (exact) mass is 235 g/mol. The number of rotatable bonds is 5. The lowest BCUT2D eigenvalue weighted by molar-refractivity contribution is 0.100. The van der Waals surface area contributed by atoms with Crippen molar-refractivity contribution in [2.45, 2.75) is 20.3 Å². The van der Waals surface area contributed by atoms with Crippen molar-refractivity contribution in [3.63, 3.8) is 0 Å². The quantitative estimate of drug-likeness (QED) is 0.765. The molecule has 0 spiro atoms. The molecule has 0 fully saturated rings. The van der Waals surface area contributed by atoms with Crippen LogP contribution in [0.4, 0.5) is 11.4 Å². The van der Waals surface area contributed by atoms with Crippen molar-refractivity contribution in [2.75, 3.05) is 24.2 Å². The van der Waals surface area contributed by atoms with Crippen LogP contribution in [0, 0.1) is 5.92 Å². The van der Waals surface area contributed by atoms with Gasteiger partial charge in [0.15, 0.2) is 0 Å². The van der Waals surface area contributed by atoms with E-state index >= 15 is 0 Å². The second kappa shape index (κ2) is 5.57. The van der Waals surface area contributed by atoms with Crippen LogP contribution in [0.1, 0.15) is 30.6 Å². The fourth-order valence-corrected chi connectivity index (χ4v) is 1.78. The molecular formula is C13H21N3O. The van der Waals surface area contributed by atoms with Crippen LogP contribution >= 0.6 is 0 Å². The van der Waals surface area contributed by atoms with Crippen LogP contribution in [0.25, 0.3) is 0 Å². The van der Waals surface area contributed by atoms with Crippen LogP contribution in [0.2, 0.25) is 0 Å². The molecule has 1 atom stereocenters. The third-order valence-corrected chi connectivity index (χ3v) is 2.98. The average Bonchev–Trinajstić information content (AvgIpc) is 2.28. The first-order chi connectivity index (χ1) is 7.95. The van der Waals surface area contributed by atoms with Crippen molar-refractivity contribution in [3.05, 3.63) is 23.8 Å². The summed E-state index contributed by atoms with van der Waals surface area (Å²) in [6.45, 7) is 5.22. The normalized spacial score (nSPS) is 12.2. The summed E-state index contributed by atoms with van der Waals surface area (Å²) in [6.07, 6.45) is 1.10. The Balaban J connectivity index is 3.00. The van der Waals surface area contributed by atoms with E-state index in [0.717, 1.165) is 18.7 Å². The second-order valence-corrected chi connectivity index (χ2v) is 4.53. The summed E-state index contributed by atoms with van der Waals surface area (Å²) >= 11 is 0. The lowest BCUT2D eigenvalue weighted by Crippen LogP contribution is -2.26. The van der Waals surface area contributed by atoms with E-state index in [2.05, 4.69) is 13.8 Å². The van der Waals surface area contributed by atoms with Crippen LogP contribution in [0.3, 0.4) is 0 Å². The van der Waals surface area contributed by atoms with E-state index in [9.17, 15) is 4.79 Å². The highest BCUT2D eigenvalue weighted by atomic mass is 16.1. The number of primary amides is 1. The Kier molecular flexibility index (Phi) is 4.37. The number of nitrogens with two attached hydrogens (primary N) is 2. The minimum absolute atomic E-state index is 0.441. The summed E-state index contributed by atoms with van der Waals surface area (Å²) in [4.78, 5) is 13.4. The molecule has 1 rings (SSSR count). The first kappa shape index (κ1) is 13.4. The van der Waals surface area contributed by atoms with Gasteiger partial charge in [0.25, 0.3) is 5.91 Å². The maximum atomic E-state index is 11.4. The fraction of sp³-hybridized carbons (Fsp3) is 0.462. The number of nitrogen functional groups attached to an aromatic ring is 1. The number of benzene rings is 1. The number of carbonyl (C=O) groups is 1. The van der Waals surface area contributed by atoms with Gasteiger partial charge in [-0.25, -0.2) is 0 Å². The zero-order chi connectivity index (χ0) is 13.0. The standard InChI is InChI=1S/C13H21N3O/c1-4-9(2)8-16(3)12-6-5-10(14)7-11(12)13(15)17/h5-7,9H,4,8,14H2,1-3H3,(H2,15,17). The molecule has 1 aromatic rings. The number of amides is 1. The van der Waals surface area contributed by atoms with Gasteiger partial charge in [-0.05, 0) is 24.1 Å². The summed E-state index contributed by atoms with van der Waals surface area (Å²) in [5.74, 6) is 0.126. The van der Waals surface area contributed by atoms with E-state index in [0.29, 0.717) is 17.2 Å². The Morgan fingerprint density at radius 1 is 1.47 bits per heavy atom. The Labute approximate surface area is 103 Å². The summed E-state index contributed by atoms with van der Waals surface area (Å²) in [7, 11) is 1.96. The molecule has 0 aliphatic rings. The van der Waals surface area contributed by atoms with E-state index in [1.165, 1.54) is 0 Å². The summed E-state index contributed by atoms with van der Waals surface area (Å²) in [5.41, 5.74) is 12.9. The topological polar surface area (TPSA) is 72.3 Å². The molecule has 94 valence electrons. The van der Waals surface area contributed by atoms with Gasteiger partial charge < -0.3 is 16.4 Å². The van der Waals surface area contributed by atoms with Gasteiger partial charge in [0.05, 0.1) is 5.56 Å². The zero-order valence-corrected chi connectivity index (χ0v) is 10.7. The molecule has 1 aromatic carbocycles. The minimum atomic E-state index is -0.441. The number of nitrogens with zero attached hydrogens (tertiary/aromatic N) is 1. The zero-order valence-electron chi connectivity index (χ0n) is 10.7. The highest BCUT2D eigenvalue weighted by Gasteiger charge is 2.13. The smallest absolute Gasteiger partial charge is 0.250 e. The number of hydrogen-bond acceptors (Lipinski definition) is 3. The highest BCUT2D eigenvalue weighted by molar-refractivity contribution is 5.99. The third-order valence-electron chi connectivity index (χ3n) is 2.98. The molecule has 4 nitrogen and oxygen atoms in total. The molecular weight excluding hydrogens is 214 g/mol.